The summed E-state index contributed by atoms with van der Waals surface area (Å²) < 4.78 is 70.7. The Bertz CT molecular complexity index is 2030. The number of amides is 2. The van der Waals surface area contributed by atoms with Gasteiger partial charge in [0.2, 0.25) is 12.1 Å². The second-order valence-corrected chi connectivity index (χ2v) is 14.3. The van der Waals surface area contributed by atoms with Gasteiger partial charge in [0.15, 0.2) is 0 Å². The topological polar surface area (TPSA) is 197 Å². The number of para-hydroxylation sites is 1. The van der Waals surface area contributed by atoms with Crippen LogP contribution in [0.3, 0.4) is 0 Å². The van der Waals surface area contributed by atoms with Crippen molar-refractivity contribution >= 4 is 31.7 Å². The number of halogens is 2. The third-order valence-corrected chi connectivity index (χ3v) is 9.85. The van der Waals surface area contributed by atoms with E-state index in [1.54, 1.807) is 49.5 Å². The van der Waals surface area contributed by atoms with Gasteiger partial charge in [0.1, 0.15) is 24.8 Å². The van der Waals surface area contributed by atoms with E-state index in [-0.39, 0.29) is 30.7 Å². The molecule has 2 amide bonds. The molecule has 4 atom stereocenters. The molecule has 2 aliphatic heterocycles. The van der Waals surface area contributed by atoms with Gasteiger partial charge in [-0.1, -0.05) is 78.9 Å². The fourth-order valence-corrected chi connectivity index (χ4v) is 7.14. The van der Waals surface area contributed by atoms with Crippen LogP contribution in [-0.2, 0) is 41.3 Å². The maximum Gasteiger partial charge on any atom is 0.506 e. The summed E-state index contributed by atoms with van der Waals surface area (Å²) in [6, 6.07) is 26.4. The predicted octanol–water partition coefficient (Wildman–Crippen LogP) is 6.21. The zero-order chi connectivity index (χ0) is 40.1. The Morgan fingerprint density at radius 3 is 2.16 bits per heavy atom. The number of likely N-dealkylation sites (tertiary alicyclic amines) is 1. The number of benzene rings is 3. The highest BCUT2D eigenvalue weighted by Gasteiger charge is 2.52. The summed E-state index contributed by atoms with van der Waals surface area (Å²) in [5.41, 5.74) is 0.487. The van der Waals surface area contributed by atoms with E-state index in [9.17, 15) is 23.7 Å². The summed E-state index contributed by atoms with van der Waals surface area (Å²) in [5.74, 6) is -3.87. The van der Waals surface area contributed by atoms with E-state index in [4.69, 9.17) is 23.6 Å². The van der Waals surface area contributed by atoms with E-state index in [0.717, 1.165) is 23.4 Å². The molecule has 0 aliphatic carbocycles. The first kappa shape index (κ1) is 41.5. The van der Waals surface area contributed by atoms with E-state index >= 15 is 8.78 Å². The number of alkyl halides is 2. The van der Waals surface area contributed by atoms with E-state index in [1.165, 1.54) is 17.0 Å². The fraction of sp³-hybridized carbons (Fsp3) is 0.324. The quantitative estimate of drug-likeness (QED) is 0.102. The van der Waals surface area contributed by atoms with Crippen molar-refractivity contribution in [2.75, 3.05) is 25.5 Å². The van der Waals surface area contributed by atoms with Crippen LogP contribution < -0.4 is 20.6 Å². The molecule has 1 aromatic heterocycles. The zero-order valence-corrected chi connectivity index (χ0v) is 31.0. The molecule has 4 aromatic rings. The second-order valence-electron chi connectivity index (χ2n) is 12.6. The Morgan fingerprint density at radius 1 is 0.946 bits per heavy atom. The van der Waals surface area contributed by atoms with Crippen molar-refractivity contribution in [3.8, 4) is 5.75 Å². The molecule has 0 radical (unpaired) electrons. The Labute approximate surface area is 319 Å². The van der Waals surface area contributed by atoms with Gasteiger partial charge in [-0.15, -0.1) is 0 Å². The van der Waals surface area contributed by atoms with Crippen molar-refractivity contribution in [3.63, 3.8) is 0 Å². The summed E-state index contributed by atoms with van der Waals surface area (Å²) in [7, 11) is -2.65. The van der Waals surface area contributed by atoms with Crippen molar-refractivity contribution in [1.82, 2.24) is 19.5 Å². The highest BCUT2D eigenvalue weighted by molar-refractivity contribution is 7.52. The molecule has 0 bridgehead atoms. The third kappa shape index (κ3) is 12.2. The van der Waals surface area contributed by atoms with Crippen LogP contribution in [0.15, 0.2) is 108 Å². The molecule has 19 heteroatoms. The maximum absolute atomic E-state index is 15.1. The largest absolute Gasteiger partial charge is 0.506 e. The molecule has 3 N–H and O–H groups in total. The van der Waals surface area contributed by atoms with Crippen molar-refractivity contribution in [3.05, 3.63) is 125 Å². The van der Waals surface area contributed by atoms with Crippen LogP contribution in [0.1, 0.15) is 36.6 Å². The number of hydrogen-bond donors (Lipinski definition) is 3. The minimum atomic E-state index is -4.27. The van der Waals surface area contributed by atoms with Gasteiger partial charge in [-0.2, -0.15) is 10.1 Å². The molecule has 56 heavy (non-hydrogen) atoms. The summed E-state index contributed by atoms with van der Waals surface area (Å²) >= 11 is 0. The van der Waals surface area contributed by atoms with Gasteiger partial charge in [-0.05, 0) is 42.2 Å². The monoisotopic (exact) mass is 799 g/mol. The van der Waals surface area contributed by atoms with Crippen LogP contribution in [0, 0.1) is 0 Å². The molecular formula is C37H40F2N5O11P. The van der Waals surface area contributed by atoms with Gasteiger partial charge < -0.3 is 28.7 Å². The van der Waals surface area contributed by atoms with Crippen molar-refractivity contribution in [1.29, 1.82) is 0 Å². The first-order chi connectivity index (χ1) is 26.8. The summed E-state index contributed by atoms with van der Waals surface area (Å²) in [6.45, 7) is 0.0328. The van der Waals surface area contributed by atoms with Crippen molar-refractivity contribution in [2.45, 2.75) is 56.8 Å². The van der Waals surface area contributed by atoms with Crippen molar-refractivity contribution in [2.24, 2.45) is 0 Å². The van der Waals surface area contributed by atoms with Crippen LogP contribution in [0.25, 0.3) is 0 Å². The minimum Gasteiger partial charge on any atom is -0.450 e. The lowest BCUT2D eigenvalue weighted by Gasteiger charge is -2.32. The number of nitrogens with zero attached hydrogens (tertiary/aromatic N) is 3. The van der Waals surface area contributed by atoms with Gasteiger partial charge in [-0.25, -0.2) is 27.7 Å². The van der Waals surface area contributed by atoms with Crippen LogP contribution in [0.5, 0.6) is 5.75 Å². The number of carbonyl (C=O) groups is 3. The van der Waals surface area contributed by atoms with Gasteiger partial charge in [0, 0.05) is 26.2 Å². The van der Waals surface area contributed by atoms with E-state index in [1.807, 2.05) is 36.4 Å². The van der Waals surface area contributed by atoms with Crippen LogP contribution >= 0.6 is 7.75 Å². The molecule has 16 nitrogen and oxygen atoms in total. The Morgan fingerprint density at radius 2 is 1.55 bits per heavy atom. The predicted molar refractivity (Wildman–Crippen MR) is 196 cm³/mol. The smallest absolute Gasteiger partial charge is 0.450 e. The number of carboxylic acid groups (broad SMARTS) is 1. The number of carbonyl (C=O) groups excluding carboxylic acids is 2. The first-order valence-electron chi connectivity index (χ1n) is 17.3. The number of nitrogens with one attached hydrogen (secondary N) is 2. The second kappa shape index (κ2) is 19.3. The number of hydrogen-bond acceptors (Lipinski definition) is 11. The molecule has 3 heterocycles. The molecule has 2 saturated heterocycles. The summed E-state index contributed by atoms with van der Waals surface area (Å²) in [4.78, 5) is 52.5. The number of piperidine rings is 1. The maximum atomic E-state index is 15.1. The molecular weight excluding hydrogens is 759 g/mol. The molecule has 298 valence electrons. The van der Waals surface area contributed by atoms with Crippen LogP contribution in [0.4, 0.5) is 24.2 Å². The summed E-state index contributed by atoms with van der Waals surface area (Å²) in [6.07, 6.45) is -4.32. The SMILES string of the molecule is CN1CCCC(NP(=O)(OCC2CC(F)(F)C(n3ccc(NC(=O)OCc4ccccc4)nc3=O)O2)Oc2ccccc2)C1=O.O=C(O)OCc1ccccc1. The normalized spacial score (nSPS) is 19.8. The number of anilines is 1. The van der Waals surface area contributed by atoms with Gasteiger partial charge >= 0.3 is 25.7 Å². The molecule has 2 fully saturated rings. The highest BCUT2D eigenvalue weighted by atomic mass is 31.2. The Kier molecular flexibility index (Phi) is 14.3. The lowest BCUT2D eigenvalue weighted by atomic mass is 10.1. The van der Waals surface area contributed by atoms with Gasteiger partial charge in [0.25, 0.3) is 5.92 Å². The van der Waals surface area contributed by atoms with E-state index in [0.29, 0.717) is 24.0 Å². The molecule has 4 unspecified atom stereocenters. The molecule has 3 aromatic carbocycles. The molecule has 0 saturated carbocycles. The molecule has 0 spiro atoms. The molecule has 2 aliphatic rings. The lowest BCUT2D eigenvalue weighted by molar-refractivity contribution is -0.134. The minimum absolute atomic E-state index is 0.0256. The Hall–Kier alpha value is -5.68. The van der Waals surface area contributed by atoms with Crippen molar-refractivity contribution < 1.29 is 56.1 Å². The van der Waals surface area contributed by atoms with Crippen LogP contribution in [0.2, 0.25) is 0 Å². The zero-order valence-electron chi connectivity index (χ0n) is 30.1. The number of likely N-dealkylation sites (N-methyl/N-ethyl adjacent to an activating group) is 1. The molecule has 6 rings (SSSR count). The third-order valence-electron chi connectivity index (χ3n) is 8.29. The van der Waals surface area contributed by atoms with E-state index in [2.05, 4.69) is 20.1 Å². The number of aromatic nitrogens is 2. The van der Waals surface area contributed by atoms with E-state index < -0.39 is 63.0 Å². The Balaban J connectivity index is 0.000000470. The van der Waals surface area contributed by atoms with Crippen LogP contribution in [-0.4, -0.2) is 76.0 Å². The first-order valence-corrected chi connectivity index (χ1v) is 18.9. The average Bonchev–Trinajstić information content (AvgIpc) is 3.49. The fourth-order valence-electron chi connectivity index (χ4n) is 5.58. The lowest BCUT2D eigenvalue weighted by Crippen LogP contribution is -2.48. The standard InChI is InChI=1S/C29H32F2N5O8P.C8H8O3/c1-35-15-8-13-23(25(35)37)34-45(40,44-21-11-6-3-7-12-21)42-19-22-17-29(30,31)26(43-22)36-16-14-24(32-27(36)38)33-28(39)41-18-20-9-4-2-5-10-20;9-8(10)11-6-7-4-2-1-3-5-7/h2-7,9-12,14,16,22-23,26H,8,13,15,17-19H2,1H3,(H,34,40)(H,32,33,38,39);1-5H,6H2,(H,9,10). The number of ether oxygens (including phenoxy) is 3. The summed E-state index contributed by atoms with van der Waals surface area (Å²) in [5, 5.41) is 13.1. The van der Waals surface area contributed by atoms with Gasteiger partial charge in [0.05, 0.1) is 18.8 Å². The average molecular weight is 800 g/mol. The number of rotatable bonds is 13. The van der Waals surface area contributed by atoms with Gasteiger partial charge in [-0.3, -0.25) is 19.2 Å². The highest BCUT2D eigenvalue weighted by Crippen LogP contribution is 2.48.